The summed E-state index contributed by atoms with van der Waals surface area (Å²) in [6, 6.07) is 12.4. The van der Waals surface area contributed by atoms with E-state index in [1.165, 1.54) is 35.0 Å². The minimum absolute atomic E-state index is 0.0306. The smallest absolute Gasteiger partial charge is 0.268 e. The van der Waals surface area contributed by atoms with Gasteiger partial charge in [0.2, 0.25) is 0 Å². The molecule has 0 aliphatic carbocycles. The van der Waals surface area contributed by atoms with E-state index in [1.807, 2.05) is 6.92 Å². The molecule has 0 saturated carbocycles. The summed E-state index contributed by atoms with van der Waals surface area (Å²) in [4.78, 5) is 37.0. The molecule has 0 saturated heterocycles. The van der Waals surface area contributed by atoms with Gasteiger partial charge >= 0.3 is 0 Å². The molecule has 0 spiro atoms. The van der Waals surface area contributed by atoms with Gasteiger partial charge in [-0.05, 0) is 36.3 Å². The quantitative estimate of drug-likeness (QED) is 0.513. The maximum atomic E-state index is 13.2. The first-order chi connectivity index (χ1) is 14.0. The molecular formula is C21H19FN4O3. The molecule has 0 aliphatic rings. The number of aryl methyl sites for hydroxylation is 1. The van der Waals surface area contributed by atoms with Crippen LogP contribution in [0.2, 0.25) is 0 Å². The molecule has 1 aromatic heterocycles. The Balaban J connectivity index is 1.77. The Morgan fingerprint density at radius 2 is 1.86 bits per heavy atom. The van der Waals surface area contributed by atoms with Crippen LogP contribution in [-0.4, -0.2) is 21.6 Å². The van der Waals surface area contributed by atoms with Crippen LogP contribution in [0.25, 0.3) is 16.8 Å². The molecule has 29 heavy (non-hydrogen) atoms. The highest BCUT2D eigenvalue weighted by atomic mass is 19.1. The number of fused-ring (bicyclic) bond motifs is 1. The van der Waals surface area contributed by atoms with Crippen molar-refractivity contribution in [2.45, 2.75) is 19.9 Å². The number of nitrogens with zero attached hydrogens (tertiary/aromatic N) is 2. The number of carbonyl (C=O) groups excluding carboxylic acids is 2. The minimum Gasteiger partial charge on any atom is -0.268 e. The Labute approximate surface area is 165 Å². The van der Waals surface area contributed by atoms with E-state index in [0.717, 1.165) is 0 Å². The lowest BCUT2D eigenvalue weighted by molar-refractivity contribution is -0.117. The van der Waals surface area contributed by atoms with Crippen LogP contribution >= 0.6 is 0 Å². The summed E-state index contributed by atoms with van der Waals surface area (Å²) < 4.78 is 14.4. The second kappa shape index (κ2) is 8.92. The number of halogens is 1. The van der Waals surface area contributed by atoms with Gasteiger partial charge in [0, 0.05) is 18.0 Å². The molecule has 8 heteroatoms. The first kappa shape index (κ1) is 19.9. The summed E-state index contributed by atoms with van der Waals surface area (Å²) >= 11 is 0. The van der Waals surface area contributed by atoms with Gasteiger partial charge in [-0.15, -0.1) is 0 Å². The molecule has 2 aromatic carbocycles. The Morgan fingerprint density at radius 1 is 1.10 bits per heavy atom. The second-order valence-electron chi connectivity index (χ2n) is 6.25. The molecule has 0 unspecified atom stereocenters. The first-order valence-corrected chi connectivity index (χ1v) is 9.03. The highest BCUT2D eigenvalue weighted by Crippen LogP contribution is 2.13. The Hall–Kier alpha value is -3.81. The van der Waals surface area contributed by atoms with Crippen molar-refractivity contribution in [3.05, 3.63) is 82.0 Å². The van der Waals surface area contributed by atoms with Crippen molar-refractivity contribution >= 4 is 28.7 Å². The Kier molecular flexibility index (Phi) is 6.13. The molecule has 0 atom stereocenters. The summed E-state index contributed by atoms with van der Waals surface area (Å²) in [6.07, 6.45) is 3.26. The summed E-state index contributed by atoms with van der Waals surface area (Å²) in [5, 5.41) is 4.92. The van der Waals surface area contributed by atoms with Crippen LogP contribution < -0.4 is 16.4 Å². The summed E-state index contributed by atoms with van der Waals surface area (Å²) in [5.41, 5.74) is 4.79. The lowest BCUT2D eigenvalue weighted by atomic mass is 10.1. The third kappa shape index (κ3) is 4.73. The Morgan fingerprint density at radius 3 is 2.59 bits per heavy atom. The van der Waals surface area contributed by atoms with Crippen molar-refractivity contribution in [2.75, 3.05) is 0 Å². The minimum atomic E-state index is -0.654. The van der Waals surface area contributed by atoms with Crippen LogP contribution in [0.1, 0.15) is 29.4 Å². The zero-order valence-electron chi connectivity index (χ0n) is 15.7. The van der Waals surface area contributed by atoms with E-state index in [0.29, 0.717) is 29.3 Å². The van der Waals surface area contributed by atoms with Crippen LogP contribution in [0.3, 0.4) is 0 Å². The fourth-order valence-electron chi connectivity index (χ4n) is 2.77. The molecule has 0 radical (unpaired) electrons. The normalized spacial score (nSPS) is 11.0. The van der Waals surface area contributed by atoms with Crippen LogP contribution in [0, 0.1) is 5.82 Å². The largest absolute Gasteiger partial charge is 0.290 e. The monoisotopic (exact) mass is 394 g/mol. The summed E-state index contributed by atoms with van der Waals surface area (Å²) in [5.74, 6) is -1.67. The van der Waals surface area contributed by atoms with Crippen molar-refractivity contribution in [1.29, 1.82) is 0 Å². The molecule has 148 valence electrons. The highest BCUT2D eigenvalue weighted by Gasteiger charge is 2.16. The van der Waals surface area contributed by atoms with Gasteiger partial charge in [-0.25, -0.2) is 9.07 Å². The van der Waals surface area contributed by atoms with Crippen molar-refractivity contribution in [1.82, 2.24) is 20.6 Å². The van der Waals surface area contributed by atoms with E-state index in [9.17, 15) is 18.8 Å². The number of rotatable bonds is 5. The fraction of sp³-hybridized carbons (Fsp3) is 0.143. The van der Waals surface area contributed by atoms with Gasteiger partial charge in [0.1, 0.15) is 5.82 Å². The van der Waals surface area contributed by atoms with Gasteiger partial charge in [-0.1, -0.05) is 37.3 Å². The SMILES string of the molecule is CCCn1nc(C(=O)NNC(=O)/C=C/c2cccc(F)c2)c2ccccc2c1=O. The molecule has 3 rings (SSSR count). The van der Waals surface area contributed by atoms with Crippen molar-refractivity contribution in [2.24, 2.45) is 0 Å². The molecule has 2 amide bonds. The van der Waals surface area contributed by atoms with E-state index in [2.05, 4.69) is 16.0 Å². The number of hydrazine groups is 1. The van der Waals surface area contributed by atoms with Crippen molar-refractivity contribution < 1.29 is 14.0 Å². The molecule has 0 bridgehead atoms. The van der Waals surface area contributed by atoms with Crippen LogP contribution in [0.4, 0.5) is 4.39 Å². The first-order valence-electron chi connectivity index (χ1n) is 9.03. The van der Waals surface area contributed by atoms with Gasteiger partial charge in [0.05, 0.1) is 5.39 Å². The van der Waals surface area contributed by atoms with Crippen LogP contribution in [-0.2, 0) is 11.3 Å². The zero-order chi connectivity index (χ0) is 20.8. The van der Waals surface area contributed by atoms with Gasteiger partial charge in [0.25, 0.3) is 17.4 Å². The zero-order valence-corrected chi connectivity index (χ0v) is 15.7. The number of nitrogens with one attached hydrogen (secondary N) is 2. The van der Waals surface area contributed by atoms with E-state index in [-0.39, 0.29) is 11.3 Å². The van der Waals surface area contributed by atoms with Gasteiger partial charge in [0.15, 0.2) is 5.69 Å². The number of aromatic nitrogens is 2. The average Bonchev–Trinajstić information content (AvgIpc) is 2.73. The predicted molar refractivity (Wildman–Crippen MR) is 107 cm³/mol. The molecular weight excluding hydrogens is 375 g/mol. The molecule has 0 fully saturated rings. The van der Waals surface area contributed by atoms with Crippen molar-refractivity contribution in [3.63, 3.8) is 0 Å². The molecule has 0 aliphatic heterocycles. The van der Waals surface area contributed by atoms with Crippen molar-refractivity contribution in [3.8, 4) is 0 Å². The van der Waals surface area contributed by atoms with E-state index < -0.39 is 17.6 Å². The van der Waals surface area contributed by atoms with Crippen LogP contribution in [0.15, 0.2) is 59.4 Å². The topological polar surface area (TPSA) is 93.1 Å². The van der Waals surface area contributed by atoms with E-state index in [4.69, 9.17) is 0 Å². The maximum absolute atomic E-state index is 13.2. The van der Waals surface area contributed by atoms with E-state index >= 15 is 0 Å². The van der Waals surface area contributed by atoms with Crippen LogP contribution in [0.5, 0.6) is 0 Å². The number of benzene rings is 2. The van der Waals surface area contributed by atoms with Gasteiger partial charge < -0.3 is 0 Å². The van der Waals surface area contributed by atoms with E-state index in [1.54, 1.807) is 30.3 Å². The lowest BCUT2D eigenvalue weighted by Crippen LogP contribution is -2.42. The lowest BCUT2D eigenvalue weighted by Gasteiger charge is -2.10. The highest BCUT2D eigenvalue weighted by molar-refractivity contribution is 6.05. The summed E-state index contributed by atoms with van der Waals surface area (Å²) in [7, 11) is 0. The number of hydrogen-bond acceptors (Lipinski definition) is 4. The summed E-state index contributed by atoms with van der Waals surface area (Å²) in [6.45, 7) is 2.26. The third-order valence-corrected chi connectivity index (χ3v) is 4.09. The molecule has 3 aromatic rings. The predicted octanol–water partition coefficient (Wildman–Crippen LogP) is 2.42. The number of amides is 2. The van der Waals surface area contributed by atoms with Gasteiger partial charge in [-0.3, -0.25) is 25.2 Å². The average molecular weight is 394 g/mol. The number of hydrogen-bond donors (Lipinski definition) is 2. The molecule has 7 nitrogen and oxygen atoms in total. The van der Waals surface area contributed by atoms with Gasteiger partial charge in [-0.2, -0.15) is 5.10 Å². The second-order valence-corrected chi connectivity index (χ2v) is 6.25. The maximum Gasteiger partial charge on any atom is 0.290 e. The fourth-order valence-corrected chi connectivity index (χ4v) is 2.77. The molecule has 1 heterocycles. The number of carbonyl (C=O) groups is 2. The molecule has 2 N–H and O–H groups in total. The third-order valence-electron chi connectivity index (χ3n) is 4.09. The Bertz CT molecular complexity index is 1150. The standard InChI is InChI=1S/C21H19FN4O3/c1-2-12-26-21(29)17-9-4-3-8-16(17)19(25-26)20(28)24-23-18(27)11-10-14-6-5-7-15(22)13-14/h3-11,13H,2,12H2,1H3,(H,23,27)(H,24,28)/b11-10+.